The SMILES string of the molecule is CN1[C@H](Cc2ccc(-c3cccc(Cl)c3)o2)[C@@H](O)c2ccccc2S1(=O)=O. The molecular formula is C20H18ClNO4S. The highest BCUT2D eigenvalue weighted by Crippen LogP contribution is 2.37. The highest BCUT2D eigenvalue weighted by Gasteiger charge is 2.41. The maximum atomic E-state index is 12.8. The summed E-state index contributed by atoms with van der Waals surface area (Å²) >= 11 is 6.03. The van der Waals surface area contributed by atoms with E-state index in [1.54, 1.807) is 36.4 Å². The van der Waals surface area contributed by atoms with E-state index in [0.29, 0.717) is 22.1 Å². The Morgan fingerprint density at radius 2 is 1.89 bits per heavy atom. The molecule has 2 atom stereocenters. The lowest BCUT2D eigenvalue weighted by Gasteiger charge is -2.36. The highest BCUT2D eigenvalue weighted by atomic mass is 35.5. The fraction of sp³-hybridized carbons (Fsp3) is 0.200. The van der Waals surface area contributed by atoms with Crippen LogP contribution in [0.4, 0.5) is 0 Å². The zero-order valence-corrected chi connectivity index (χ0v) is 16.1. The maximum absolute atomic E-state index is 12.8. The van der Waals surface area contributed by atoms with Crippen molar-refractivity contribution in [2.45, 2.75) is 23.5 Å². The standard InChI is InChI=1S/C20H18ClNO4S/c1-22-17(20(23)16-7-2-3-8-19(16)27(22,24)25)12-15-9-10-18(26-15)13-5-4-6-14(21)11-13/h2-11,17,20,23H,12H2,1H3/t17-,20+/m1/s1. The number of benzene rings is 2. The Hall–Kier alpha value is -2.12. The van der Waals surface area contributed by atoms with E-state index in [4.69, 9.17) is 16.0 Å². The van der Waals surface area contributed by atoms with Crippen molar-refractivity contribution in [3.63, 3.8) is 0 Å². The first-order valence-electron chi connectivity index (χ1n) is 8.47. The van der Waals surface area contributed by atoms with Gasteiger partial charge >= 0.3 is 0 Å². The summed E-state index contributed by atoms with van der Waals surface area (Å²) in [5.41, 5.74) is 1.26. The first-order chi connectivity index (χ1) is 12.9. The summed E-state index contributed by atoms with van der Waals surface area (Å²) in [7, 11) is -2.17. The lowest BCUT2D eigenvalue weighted by Crippen LogP contribution is -2.46. The second-order valence-electron chi connectivity index (χ2n) is 6.55. The first-order valence-corrected chi connectivity index (χ1v) is 10.3. The Bertz CT molecular complexity index is 1090. The van der Waals surface area contributed by atoms with Crippen molar-refractivity contribution in [1.29, 1.82) is 0 Å². The molecule has 4 rings (SSSR count). The quantitative estimate of drug-likeness (QED) is 0.720. The molecule has 0 unspecified atom stereocenters. The van der Waals surface area contributed by atoms with E-state index >= 15 is 0 Å². The molecule has 1 aliphatic rings. The Morgan fingerprint density at radius 1 is 1.11 bits per heavy atom. The molecule has 1 aliphatic heterocycles. The molecule has 0 amide bonds. The van der Waals surface area contributed by atoms with E-state index < -0.39 is 22.2 Å². The summed E-state index contributed by atoms with van der Waals surface area (Å²) in [5, 5.41) is 11.4. The number of likely N-dealkylation sites (N-methyl/N-ethyl adjacent to an activating group) is 1. The number of hydrogen-bond donors (Lipinski definition) is 1. The summed E-state index contributed by atoms with van der Waals surface area (Å²) < 4.78 is 32.7. The van der Waals surface area contributed by atoms with Crippen LogP contribution in [0.3, 0.4) is 0 Å². The lowest BCUT2D eigenvalue weighted by molar-refractivity contribution is 0.0864. The minimum Gasteiger partial charge on any atom is -0.461 e. The molecule has 5 nitrogen and oxygen atoms in total. The first kappa shape index (κ1) is 18.3. The van der Waals surface area contributed by atoms with E-state index in [9.17, 15) is 13.5 Å². The van der Waals surface area contributed by atoms with Crippen LogP contribution >= 0.6 is 11.6 Å². The monoisotopic (exact) mass is 403 g/mol. The van der Waals surface area contributed by atoms with Crippen LogP contribution in [0.25, 0.3) is 11.3 Å². The van der Waals surface area contributed by atoms with Crippen LogP contribution in [0.2, 0.25) is 5.02 Å². The average Bonchev–Trinajstić information content (AvgIpc) is 3.13. The van der Waals surface area contributed by atoms with Crippen LogP contribution in [-0.2, 0) is 16.4 Å². The summed E-state index contributed by atoms with van der Waals surface area (Å²) in [5.74, 6) is 1.24. The summed E-state index contributed by atoms with van der Waals surface area (Å²) in [6, 6.07) is 16.8. The number of sulfonamides is 1. The average molecular weight is 404 g/mol. The van der Waals surface area contributed by atoms with Crippen molar-refractivity contribution in [1.82, 2.24) is 4.31 Å². The molecule has 2 aromatic carbocycles. The Morgan fingerprint density at radius 3 is 2.67 bits per heavy atom. The van der Waals surface area contributed by atoms with Gasteiger partial charge in [-0.3, -0.25) is 0 Å². The van der Waals surface area contributed by atoms with Crippen molar-refractivity contribution in [2.75, 3.05) is 7.05 Å². The molecular weight excluding hydrogens is 386 g/mol. The number of rotatable bonds is 3. The van der Waals surface area contributed by atoms with Gasteiger partial charge in [0, 0.05) is 29.6 Å². The zero-order chi connectivity index (χ0) is 19.2. The molecule has 140 valence electrons. The van der Waals surface area contributed by atoms with Crippen molar-refractivity contribution < 1.29 is 17.9 Å². The minimum absolute atomic E-state index is 0.148. The third-order valence-electron chi connectivity index (χ3n) is 4.91. The van der Waals surface area contributed by atoms with Gasteiger partial charge in [0.15, 0.2) is 0 Å². The topological polar surface area (TPSA) is 70.8 Å². The summed E-state index contributed by atoms with van der Waals surface area (Å²) in [4.78, 5) is 0.148. The number of aliphatic hydroxyl groups is 1. The Kier molecular flexibility index (Phi) is 4.60. The van der Waals surface area contributed by atoms with Gasteiger partial charge in [-0.05, 0) is 30.3 Å². The molecule has 0 aliphatic carbocycles. The Labute approximate surface area is 162 Å². The fourth-order valence-electron chi connectivity index (χ4n) is 3.43. The molecule has 2 heterocycles. The highest BCUT2D eigenvalue weighted by molar-refractivity contribution is 7.89. The van der Waals surface area contributed by atoms with Crippen molar-refractivity contribution >= 4 is 21.6 Å². The normalized spacial score (nSPS) is 21.7. The Balaban J connectivity index is 1.65. The molecule has 7 heteroatoms. The van der Waals surface area contributed by atoms with E-state index in [2.05, 4.69) is 0 Å². The van der Waals surface area contributed by atoms with Crippen LogP contribution in [0, 0.1) is 0 Å². The van der Waals surface area contributed by atoms with Crippen LogP contribution in [0.15, 0.2) is 70.0 Å². The predicted molar refractivity (Wildman–Crippen MR) is 103 cm³/mol. The third kappa shape index (κ3) is 3.19. The maximum Gasteiger partial charge on any atom is 0.243 e. The predicted octanol–water partition coefficient (Wildman–Crippen LogP) is 3.88. The molecule has 0 radical (unpaired) electrons. The molecule has 0 bridgehead atoms. The minimum atomic E-state index is -3.66. The molecule has 0 saturated carbocycles. The van der Waals surface area contributed by atoms with Crippen molar-refractivity contribution in [2.24, 2.45) is 0 Å². The number of furan rings is 1. The van der Waals surface area contributed by atoms with Crippen molar-refractivity contribution in [3.05, 3.63) is 77.0 Å². The smallest absolute Gasteiger partial charge is 0.243 e. The largest absolute Gasteiger partial charge is 0.461 e. The molecule has 1 aromatic heterocycles. The molecule has 0 spiro atoms. The number of fused-ring (bicyclic) bond motifs is 1. The van der Waals surface area contributed by atoms with E-state index in [-0.39, 0.29) is 11.3 Å². The van der Waals surface area contributed by atoms with Gasteiger partial charge in [0.1, 0.15) is 11.5 Å². The molecule has 27 heavy (non-hydrogen) atoms. The van der Waals surface area contributed by atoms with Gasteiger partial charge in [-0.15, -0.1) is 0 Å². The molecule has 0 saturated heterocycles. The number of nitrogens with zero attached hydrogens (tertiary/aromatic N) is 1. The number of hydrogen-bond acceptors (Lipinski definition) is 4. The second-order valence-corrected chi connectivity index (χ2v) is 8.95. The van der Waals surface area contributed by atoms with Crippen LogP contribution in [-0.4, -0.2) is 30.9 Å². The van der Waals surface area contributed by atoms with Gasteiger partial charge in [0.25, 0.3) is 0 Å². The van der Waals surface area contributed by atoms with Crippen LogP contribution < -0.4 is 0 Å². The van der Waals surface area contributed by atoms with Crippen LogP contribution in [0.1, 0.15) is 17.4 Å². The number of halogens is 1. The molecule has 0 fully saturated rings. The van der Waals surface area contributed by atoms with Gasteiger partial charge in [-0.1, -0.05) is 41.9 Å². The van der Waals surface area contributed by atoms with Gasteiger partial charge in [0.05, 0.1) is 17.0 Å². The van der Waals surface area contributed by atoms with Crippen LogP contribution in [0.5, 0.6) is 0 Å². The van der Waals surface area contributed by atoms with E-state index in [1.165, 1.54) is 17.4 Å². The van der Waals surface area contributed by atoms with Gasteiger partial charge in [-0.2, -0.15) is 4.31 Å². The van der Waals surface area contributed by atoms with E-state index in [1.807, 2.05) is 18.2 Å². The zero-order valence-electron chi connectivity index (χ0n) is 14.5. The second kappa shape index (κ2) is 6.80. The molecule has 1 N–H and O–H groups in total. The third-order valence-corrected chi connectivity index (χ3v) is 7.10. The van der Waals surface area contributed by atoms with Gasteiger partial charge < -0.3 is 9.52 Å². The number of aliphatic hydroxyl groups excluding tert-OH is 1. The molecule has 3 aromatic rings. The van der Waals surface area contributed by atoms with E-state index in [0.717, 1.165) is 5.56 Å². The van der Waals surface area contributed by atoms with Gasteiger partial charge in [0.2, 0.25) is 10.0 Å². The lowest BCUT2D eigenvalue weighted by atomic mass is 9.98. The van der Waals surface area contributed by atoms with Gasteiger partial charge in [-0.25, -0.2) is 8.42 Å². The summed E-state index contributed by atoms with van der Waals surface area (Å²) in [6.45, 7) is 0. The fourth-order valence-corrected chi connectivity index (χ4v) is 5.21. The summed E-state index contributed by atoms with van der Waals surface area (Å²) in [6.07, 6.45) is -0.680. The van der Waals surface area contributed by atoms with Crippen molar-refractivity contribution in [3.8, 4) is 11.3 Å².